The summed E-state index contributed by atoms with van der Waals surface area (Å²) in [6, 6.07) is 0. The fraction of sp³-hybridized carbons (Fsp3) is 0.571. The molecule has 1 aliphatic heterocycles. The number of carbonyl (C=O) groups excluding carboxylic acids is 1. The highest BCUT2D eigenvalue weighted by Gasteiger charge is 2.90. The number of halogens is 4. The molecule has 2 fully saturated rings. The molecule has 0 spiro atoms. The summed E-state index contributed by atoms with van der Waals surface area (Å²) in [7, 11) is -3.89. The van der Waals surface area contributed by atoms with Crippen molar-refractivity contribution in [2.45, 2.75) is 15.0 Å². The van der Waals surface area contributed by atoms with Crippen LogP contribution >= 0.6 is 46.4 Å². The molecule has 4 nitrogen and oxygen atoms in total. The van der Waals surface area contributed by atoms with Crippen LogP contribution in [0.5, 0.6) is 0 Å². The van der Waals surface area contributed by atoms with Gasteiger partial charge in [-0.15, -0.1) is 23.2 Å². The largest absolute Gasteiger partial charge is 0.272 e. The molecule has 3 rings (SSSR count). The normalized spacial score (nSPS) is 52.4. The predicted octanol–water partition coefficient (Wildman–Crippen LogP) is 1.10. The van der Waals surface area contributed by atoms with Gasteiger partial charge in [-0.2, -0.15) is 0 Å². The smallest absolute Gasteiger partial charge is 0.257 e. The van der Waals surface area contributed by atoms with Gasteiger partial charge < -0.3 is 0 Å². The van der Waals surface area contributed by atoms with E-state index in [0.717, 1.165) is 0 Å². The number of alkyl halides is 2. The second kappa shape index (κ2) is 2.67. The van der Waals surface area contributed by atoms with Crippen LogP contribution in [-0.2, 0) is 14.8 Å². The highest BCUT2D eigenvalue weighted by Crippen LogP contribution is 2.76. The molecule has 16 heavy (non-hydrogen) atoms. The minimum Gasteiger partial charge on any atom is -0.272 e. The van der Waals surface area contributed by atoms with E-state index in [1.165, 1.54) is 0 Å². The molecule has 0 bridgehead atoms. The van der Waals surface area contributed by atoms with E-state index < -0.39 is 36.8 Å². The molecule has 3 aliphatic rings. The Bertz CT molecular complexity index is 572. The molecule has 0 aromatic carbocycles. The molecule has 0 radical (unpaired) electrons. The lowest BCUT2D eigenvalue weighted by atomic mass is 10.2. The molecule has 1 N–H and O–H groups in total. The fourth-order valence-corrected chi connectivity index (χ4v) is 6.65. The molecule has 1 heterocycles. The van der Waals surface area contributed by atoms with E-state index in [9.17, 15) is 13.2 Å². The molecule has 1 saturated carbocycles. The van der Waals surface area contributed by atoms with Crippen LogP contribution in [0.15, 0.2) is 10.1 Å². The zero-order chi connectivity index (χ0) is 12.1. The van der Waals surface area contributed by atoms with Gasteiger partial charge in [0, 0.05) is 5.92 Å². The van der Waals surface area contributed by atoms with Gasteiger partial charge in [-0.05, 0) is 0 Å². The van der Waals surface area contributed by atoms with Crippen LogP contribution in [0.3, 0.4) is 0 Å². The van der Waals surface area contributed by atoms with Gasteiger partial charge in [-0.3, -0.25) is 9.52 Å². The number of amides is 1. The second-order valence-corrected chi connectivity index (χ2v) is 7.74. The summed E-state index contributed by atoms with van der Waals surface area (Å²) < 4.78 is 25.2. The Balaban J connectivity index is 2.31. The number of allylic oxidation sites excluding steroid dienone is 1. The van der Waals surface area contributed by atoms with Crippen LogP contribution in [0.2, 0.25) is 0 Å². The third-order valence-corrected chi connectivity index (χ3v) is 7.70. The molecule has 4 unspecified atom stereocenters. The molecule has 88 valence electrons. The number of carbonyl (C=O) groups is 1. The Morgan fingerprint density at radius 2 is 1.75 bits per heavy atom. The lowest BCUT2D eigenvalue weighted by Gasteiger charge is -2.25. The third kappa shape index (κ3) is 0.861. The maximum absolute atomic E-state index is 11.7. The van der Waals surface area contributed by atoms with Crippen molar-refractivity contribution in [3.05, 3.63) is 10.1 Å². The summed E-state index contributed by atoms with van der Waals surface area (Å²) in [4.78, 5) is 8.71. The van der Waals surface area contributed by atoms with Crippen LogP contribution in [0.4, 0.5) is 0 Å². The molecule has 0 aromatic heterocycles. The van der Waals surface area contributed by atoms with Gasteiger partial charge in [0.05, 0.1) is 10.1 Å². The van der Waals surface area contributed by atoms with Crippen molar-refractivity contribution in [3.63, 3.8) is 0 Å². The van der Waals surface area contributed by atoms with Crippen LogP contribution in [0.25, 0.3) is 0 Å². The minimum atomic E-state index is -3.89. The van der Waals surface area contributed by atoms with Crippen LogP contribution in [0, 0.1) is 5.92 Å². The van der Waals surface area contributed by atoms with Gasteiger partial charge in [0.2, 0.25) is 10.0 Å². The number of fused-ring (bicyclic) bond motifs is 1. The lowest BCUT2D eigenvalue weighted by molar-refractivity contribution is -0.120. The first-order valence-corrected chi connectivity index (χ1v) is 7.24. The molecule has 4 atom stereocenters. The van der Waals surface area contributed by atoms with Gasteiger partial charge in [0.15, 0.2) is 4.87 Å². The number of rotatable bonds is 0. The predicted molar refractivity (Wildman–Crippen MR) is 60.2 cm³/mol. The van der Waals surface area contributed by atoms with E-state index in [0.29, 0.717) is 0 Å². The second-order valence-electron chi connectivity index (χ2n) is 3.96. The van der Waals surface area contributed by atoms with Gasteiger partial charge >= 0.3 is 0 Å². The van der Waals surface area contributed by atoms with Crippen molar-refractivity contribution >= 4 is 62.3 Å². The SMILES string of the molecule is O=C1NS(=O)(=O)C2C(Cl)=C(Cl)C3(Cl)C2C13Cl. The highest BCUT2D eigenvalue weighted by atomic mass is 35.5. The number of nitrogens with one attached hydrogen (secondary N) is 1. The van der Waals surface area contributed by atoms with Crippen LogP contribution in [-0.4, -0.2) is 29.3 Å². The minimum absolute atomic E-state index is 0.0424. The Hall–Kier alpha value is 0.320. The van der Waals surface area contributed by atoms with E-state index in [1.54, 1.807) is 0 Å². The first-order chi connectivity index (χ1) is 7.19. The zero-order valence-corrected chi connectivity index (χ0v) is 11.1. The first kappa shape index (κ1) is 11.4. The first-order valence-electron chi connectivity index (χ1n) is 4.18. The van der Waals surface area contributed by atoms with E-state index >= 15 is 0 Å². The molecule has 1 amide bonds. The average Bonchev–Trinajstić information content (AvgIpc) is 2.56. The summed E-state index contributed by atoms with van der Waals surface area (Å²) in [6.07, 6.45) is 0. The molecule has 1 saturated heterocycles. The lowest BCUT2D eigenvalue weighted by Crippen LogP contribution is -2.51. The average molecular weight is 323 g/mol. The van der Waals surface area contributed by atoms with E-state index in [4.69, 9.17) is 46.4 Å². The topological polar surface area (TPSA) is 63.2 Å². The summed E-state index contributed by atoms with van der Waals surface area (Å²) in [5.41, 5.74) is 0. The Morgan fingerprint density at radius 1 is 1.19 bits per heavy atom. The standard InChI is InChI=1S/C7H3Cl4NO3S/c8-1-2-3-6(10,4(1)9)7(3,11)5(13)12-16(2,14)15/h2-3H,(H,12,13). The summed E-state index contributed by atoms with van der Waals surface area (Å²) in [5.74, 6) is -1.63. The molecule has 9 heteroatoms. The van der Waals surface area contributed by atoms with Crippen molar-refractivity contribution < 1.29 is 13.2 Å². The molecule has 0 aromatic rings. The van der Waals surface area contributed by atoms with Crippen molar-refractivity contribution in [3.8, 4) is 0 Å². The number of hydrogen-bond donors (Lipinski definition) is 1. The molecular weight excluding hydrogens is 320 g/mol. The molecule has 2 aliphatic carbocycles. The molecular formula is C7H3Cl4NO3S. The van der Waals surface area contributed by atoms with Crippen LogP contribution < -0.4 is 4.72 Å². The van der Waals surface area contributed by atoms with Gasteiger partial charge in [-0.25, -0.2) is 8.42 Å². The Morgan fingerprint density at radius 3 is 2.31 bits per heavy atom. The number of hydrogen-bond acceptors (Lipinski definition) is 3. The highest BCUT2D eigenvalue weighted by molar-refractivity contribution is 7.91. The number of sulfonamides is 1. The fourth-order valence-electron chi connectivity index (χ4n) is 2.48. The third-order valence-electron chi connectivity index (χ3n) is 3.28. The summed E-state index contributed by atoms with van der Waals surface area (Å²) in [6.45, 7) is 0. The van der Waals surface area contributed by atoms with E-state index in [2.05, 4.69) is 0 Å². The Kier molecular flexibility index (Phi) is 1.90. The zero-order valence-electron chi connectivity index (χ0n) is 7.30. The van der Waals surface area contributed by atoms with Gasteiger partial charge in [0.25, 0.3) is 5.91 Å². The van der Waals surface area contributed by atoms with E-state index in [1.807, 2.05) is 4.72 Å². The summed E-state index contributed by atoms with van der Waals surface area (Å²) >= 11 is 23.8. The van der Waals surface area contributed by atoms with Crippen molar-refractivity contribution in [1.82, 2.24) is 4.72 Å². The van der Waals surface area contributed by atoms with E-state index in [-0.39, 0.29) is 10.1 Å². The maximum Gasteiger partial charge on any atom is 0.257 e. The van der Waals surface area contributed by atoms with Crippen molar-refractivity contribution in [1.29, 1.82) is 0 Å². The summed E-state index contributed by atoms with van der Waals surface area (Å²) in [5, 5.41) is -1.23. The van der Waals surface area contributed by atoms with Gasteiger partial charge in [0.1, 0.15) is 10.1 Å². The maximum atomic E-state index is 11.7. The van der Waals surface area contributed by atoms with Gasteiger partial charge in [-0.1, -0.05) is 23.2 Å². The quantitative estimate of drug-likeness (QED) is 0.679. The monoisotopic (exact) mass is 321 g/mol. The Labute approximate surface area is 111 Å². The van der Waals surface area contributed by atoms with Crippen LogP contribution in [0.1, 0.15) is 0 Å². The van der Waals surface area contributed by atoms with Crippen molar-refractivity contribution in [2.75, 3.05) is 0 Å². The van der Waals surface area contributed by atoms with Crippen molar-refractivity contribution in [2.24, 2.45) is 5.92 Å².